The van der Waals surface area contributed by atoms with Crippen LogP contribution in [-0.2, 0) is 0 Å². The summed E-state index contributed by atoms with van der Waals surface area (Å²) in [5, 5.41) is 2.84. The number of hydrogen-bond acceptors (Lipinski definition) is 2. The second-order valence-electron chi connectivity index (χ2n) is 4.74. The quantitative estimate of drug-likeness (QED) is 0.548. The number of amides is 1. The summed E-state index contributed by atoms with van der Waals surface area (Å²) in [6, 6.07) is 14.0. The van der Waals surface area contributed by atoms with Crippen LogP contribution in [0.15, 0.2) is 42.5 Å². The van der Waals surface area contributed by atoms with E-state index in [1.54, 1.807) is 0 Å². The SMILES string of the molecule is O=C1NCCOc2ccc(C(Br)c3ccccc3I)cc21. The lowest BCUT2D eigenvalue weighted by atomic mass is 10.0. The maximum Gasteiger partial charge on any atom is 0.255 e. The van der Waals surface area contributed by atoms with E-state index in [9.17, 15) is 4.79 Å². The van der Waals surface area contributed by atoms with Crippen LogP contribution < -0.4 is 10.1 Å². The second kappa shape index (κ2) is 6.36. The number of rotatable bonds is 2. The topological polar surface area (TPSA) is 38.3 Å². The molecule has 0 radical (unpaired) electrons. The van der Waals surface area contributed by atoms with Crippen LogP contribution in [-0.4, -0.2) is 19.1 Å². The summed E-state index contributed by atoms with van der Waals surface area (Å²) in [7, 11) is 0. The predicted octanol–water partition coefficient (Wildman–Crippen LogP) is 3.90. The summed E-state index contributed by atoms with van der Waals surface area (Å²) in [6.07, 6.45) is 0. The van der Waals surface area contributed by atoms with Gasteiger partial charge in [0.2, 0.25) is 0 Å². The molecule has 1 atom stereocenters. The van der Waals surface area contributed by atoms with Crippen molar-refractivity contribution >= 4 is 44.4 Å². The van der Waals surface area contributed by atoms with Crippen LogP contribution in [0.25, 0.3) is 0 Å². The van der Waals surface area contributed by atoms with Gasteiger partial charge in [-0.3, -0.25) is 4.79 Å². The molecule has 0 fully saturated rings. The van der Waals surface area contributed by atoms with Crippen LogP contribution in [0.4, 0.5) is 0 Å². The molecule has 1 aliphatic rings. The van der Waals surface area contributed by atoms with Crippen molar-refractivity contribution in [1.29, 1.82) is 0 Å². The molecule has 2 aromatic carbocycles. The number of halogens is 2. The van der Waals surface area contributed by atoms with Crippen molar-refractivity contribution in [3.8, 4) is 5.75 Å². The number of fused-ring (bicyclic) bond motifs is 1. The first-order chi connectivity index (χ1) is 10.2. The predicted molar refractivity (Wildman–Crippen MR) is 94.2 cm³/mol. The van der Waals surface area contributed by atoms with E-state index in [0.29, 0.717) is 24.5 Å². The van der Waals surface area contributed by atoms with Crippen molar-refractivity contribution in [3.63, 3.8) is 0 Å². The Kier molecular flexibility index (Phi) is 4.49. The van der Waals surface area contributed by atoms with Crippen LogP contribution in [0.1, 0.15) is 26.3 Å². The lowest BCUT2D eigenvalue weighted by molar-refractivity contribution is 0.0957. The first-order valence-electron chi connectivity index (χ1n) is 6.60. The van der Waals surface area contributed by atoms with Gasteiger partial charge in [0.1, 0.15) is 12.4 Å². The summed E-state index contributed by atoms with van der Waals surface area (Å²) in [4.78, 5) is 12.1. The highest BCUT2D eigenvalue weighted by atomic mass is 127. The summed E-state index contributed by atoms with van der Waals surface area (Å²) in [6.45, 7) is 1.05. The minimum Gasteiger partial charge on any atom is -0.491 e. The minimum absolute atomic E-state index is 0.0481. The number of hydrogen-bond donors (Lipinski definition) is 1. The van der Waals surface area contributed by atoms with E-state index in [-0.39, 0.29) is 10.7 Å². The van der Waals surface area contributed by atoms with Crippen LogP contribution >= 0.6 is 38.5 Å². The first-order valence-corrected chi connectivity index (χ1v) is 8.59. The highest BCUT2D eigenvalue weighted by molar-refractivity contribution is 14.1. The van der Waals surface area contributed by atoms with E-state index in [4.69, 9.17) is 4.74 Å². The third-order valence-electron chi connectivity index (χ3n) is 3.36. The van der Waals surface area contributed by atoms with Crippen molar-refractivity contribution in [2.75, 3.05) is 13.2 Å². The Morgan fingerprint density at radius 2 is 2.05 bits per heavy atom. The maximum atomic E-state index is 12.1. The smallest absolute Gasteiger partial charge is 0.255 e. The Bertz CT molecular complexity index is 690. The molecular weight excluding hydrogens is 445 g/mol. The monoisotopic (exact) mass is 457 g/mol. The van der Waals surface area contributed by atoms with Gasteiger partial charge in [0.05, 0.1) is 16.9 Å². The van der Waals surface area contributed by atoms with Crippen molar-refractivity contribution in [2.45, 2.75) is 4.83 Å². The fourth-order valence-corrected chi connectivity index (χ4v) is 4.10. The van der Waals surface area contributed by atoms with Crippen molar-refractivity contribution in [2.24, 2.45) is 0 Å². The number of alkyl halides is 1. The maximum absolute atomic E-state index is 12.1. The third kappa shape index (κ3) is 3.08. The van der Waals surface area contributed by atoms with Crippen molar-refractivity contribution < 1.29 is 9.53 Å². The van der Waals surface area contributed by atoms with Gasteiger partial charge in [-0.05, 0) is 51.9 Å². The number of nitrogens with one attached hydrogen (secondary N) is 1. The van der Waals surface area contributed by atoms with Gasteiger partial charge in [-0.2, -0.15) is 0 Å². The zero-order valence-electron chi connectivity index (χ0n) is 11.1. The molecular formula is C16H13BrINO2. The average Bonchev–Trinajstić information content (AvgIpc) is 2.69. The molecule has 0 saturated carbocycles. The summed E-state index contributed by atoms with van der Waals surface area (Å²) in [5.74, 6) is 0.572. The Hall–Kier alpha value is -1.08. The molecule has 1 N–H and O–H groups in total. The van der Waals surface area contributed by atoms with Gasteiger partial charge in [-0.25, -0.2) is 0 Å². The Morgan fingerprint density at radius 1 is 1.24 bits per heavy atom. The van der Waals surface area contributed by atoms with E-state index in [2.05, 4.69) is 56.0 Å². The average molecular weight is 458 g/mol. The zero-order chi connectivity index (χ0) is 14.8. The molecule has 1 amide bonds. The summed E-state index contributed by atoms with van der Waals surface area (Å²) >= 11 is 6.06. The number of carbonyl (C=O) groups excluding carboxylic acids is 1. The van der Waals surface area contributed by atoms with E-state index in [0.717, 1.165) is 5.56 Å². The molecule has 1 unspecified atom stereocenters. The van der Waals surface area contributed by atoms with Crippen LogP contribution in [0.2, 0.25) is 0 Å². The fraction of sp³-hybridized carbons (Fsp3) is 0.188. The third-order valence-corrected chi connectivity index (χ3v) is 5.37. The summed E-state index contributed by atoms with van der Waals surface area (Å²) < 4.78 is 6.77. The van der Waals surface area contributed by atoms with Crippen molar-refractivity contribution in [3.05, 3.63) is 62.7 Å². The van der Waals surface area contributed by atoms with Crippen LogP contribution in [0.5, 0.6) is 5.75 Å². The number of ether oxygens (including phenoxy) is 1. The molecule has 0 saturated heterocycles. The zero-order valence-corrected chi connectivity index (χ0v) is 14.8. The molecule has 0 aromatic heterocycles. The molecule has 0 spiro atoms. The fourth-order valence-electron chi connectivity index (χ4n) is 2.29. The van der Waals surface area contributed by atoms with Crippen molar-refractivity contribution in [1.82, 2.24) is 5.32 Å². The van der Waals surface area contributed by atoms with E-state index in [1.165, 1.54) is 9.13 Å². The minimum atomic E-state index is -0.0770. The van der Waals surface area contributed by atoms with E-state index >= 15 is 0 Å². The molecule has 3 nitrogen and oxygen atoms in total. The molecule has 2 aromatic rings. The van der Waals surface area contributed by atoms with Gasteiger partial charge in [0, 0.05) is 3.57 Å². The largest absolute Gasteiger partial charge is 0.491 e. The van der Waals surface area contributed by atoms with Gasteiger partial charge >= 0.3 is 0 Å². The molecule has 5 heteroatoms. The standard InChI is InChI=1S/C16H13BrINO2/c17-15(11-3-1-2-4-13(11)18)10-5-6-14-12(9-10)16(20)19-7-8-21-14/h1-6,9,15H,7-8H2,(H,19,20). The molecule has 1 aliphatic heterocycles. The lowest BCUT2D eigenvalue weighted by Crippen LogP contribution is -2.24. The van der Waals surface area contributed by atoms with E-state index < -0.39 is 0 Å². The Morgan fingerprint density at radius 3 is 2.86 bits per heavy atom. The number of benzene rings is 2. The lowest BCUT2D eigenvalue weighted by Gasteiger charge is -2.14. The second-order valence-corrected chi connectivity index (χ2v) is 6.82. The molecule has 0 bridgehead atoms. The Balaban J connectivity index is 2.00. The normalized spacial score (nSPS) is 15.4. The molecule has 108 valence electrons. The highest BCUT2D eigenvalue weighted by Gasteiger charge is 2.20. The molecule has 3 rings (SSSR count). The van der Waals surface area contributed by atoms with Crippen LogP contribution in [0, 0.1) is 3.57 Å². The highest BCUT2D eigenvalue weighted by Crippen LogP contribution is 2.35. The number of carbonyl (C=O) groups is 1. The van der Waals surface area contributed by atoms with Gasteiger partial charge in [0.25, 0.3) is 5.91 Å². The molecule has 1 heterocycles. The van der Waals surface area contributed by atoms with Crippen LogP contribution in [0.3, 0.4) is 0 Å². The molecule has 0 aliphatic carbocycles. The van der Waals surface area contributed by atoms with Gasteiger partial charge < -0.3 is 10.1 Å². The van der Waals surface area contributed by atoms with Gasteiger partial charge in [-0.1, -0.05) is 40.2 Å². The van der Waals surface area contributed by atoms with E-state index in [1.807, 2.05) is 30.3 Å². The van der Waals surface area contributed by atoms with Gasteiger partial charge in [-0.15, -0.1) is 0 Å². The Labute approximate surface area is 145 Å². The first kappa shape index (κ1) is 14.8. The molecule has 21 heavy (non-hydrogen) atoms. The summed E-state index contributed by atoms with van der Waals surface area (Å²) in [5.41, 5.74) is 2.83. The van der Waals surface area contributed by atoms with Gasteiger partial charge in [0.15, 0.2) is 0 Å².